The van der Waals surface area contributed by atoms with Gasteiger partial charge in [-0.3, -0.25) is 4.40 Å². The molecule has 2 aromatic heterocycles. The van der Waals surface area contributed by atoms with Crippen molar-refractivity contribution in [1.29, 1.82) is 5.41 Å². The highest BCUT2D eigenvalue weighted by Gasteiger charge is 2.16. The Bertz CT molecular complexity index is 1060. The molecule has 0 spiro atoms. The van der Waals surface area contributed by atoms with Gasteiger partial charge in [0.1, 0.15) is 23.7 Å². The average Bonchev–Trinajstić information content (AvgIpc) is 3.17. The quantitative estimate of drug-likeness (QED) is 0.545. The molecule has 0 radical (unpaired) electrons. The Labute approximate surface area is 162 Å². The third-order valence-electron chi connectivity index (χ3n) is 4.59. The number of nitrogens with zero attached hydrogens (tertiary/aromatic N) is 3. The highest BCUT2D eigenvalue weighted by Crippen LogP contribution is 2.27. The molecule has 0 atom stereocenters. The lowest BCUT2D eigenvalue weighted by Crippen LogP contribution is -2.12. The molecule has 1 aromatic carbocycles. The summed E-state index contributed by atoms with van der Waals surface area (Å²) in [4.78, 5) is 0. The van der Waals surface area contributed by atoms with Crippen LogP contribution in [-0.4, -0.2) is 34.5 Å². The number of aromatic nitrogens is 3. The van der Waals surface area contributed by atoms with Crippen LogP contribution in [0.1, 0.15) is 25.0 Å². The Hall–Kier alpha value is -3.42. The number of hydrogen-bond donors (Lipinski definition) is 3. The Morgan fingerprint density at radius 1 is 1.25 bits per heavy atom. The molecule has 3 aromatic rings. The maximum atomic E-state index is 14.2. The minimum Gasteiger partial charge on any atom is -0.496 e. The van der Waals surface area contributed by atoms with Gasteiger partial charge in [-0.2, -0.15) is 0 Å². The molecule has 7 nitrogen and oxygen atoms in total. The first-order valence-electron chi connectivity index (χ1n) is 8.80. The molecule has 0 aliphatic rings. The molecule has 3 N–H and O–H groups in total. The highest BCUT2D eigenvalue weighted by atomic mass is 19.1. The summed E-state index contributed by atoms with van der Waals surface area (Å²) in [6.07, 6.45) is 1.59. The van der Waals surface area contributed by atoms with Crippen molar-refractivity contribution in [2.45, 2.75) is 20.4 Å². The fourth-order valence-electron chi connectivity index (χ4n) is 3.14. The van der Waals surface area contributed by atoms with Crippen molar-refractivity contribution in [2.75, 3.05) is 19.5 Å². The van der Waals surface area contributed by atoms with Crippen LogP contribution in [0.5, 0.6) is 5.75 Å². The fraction of sp³-hybridized carbons (Fsp3) is 0.250. The molecule has 0 amide bonds. The molecule has 0 saturated heterocycles. The Kier molecular flexibility index (Phi) is 5.58. The molecule has 0 aliphatic heterocycles. The smallest absolute Gasteiger partial charge is 0.170 e. The van der Waals surface area contributed by atoms with Gasteiger partial charge in [0.25, 0.3) is 0 Å². The molecular formula is C20H23FN6O. The standard InChI is InChI=1S/C20H23FN6O/c1-12(22)19(13(2)23-3)14-8-9-18(27-11-25-26-20(14)27)24-10-15-16(21)6-5-7-17(15)28-4/h5-9,11,22-24H,10H2,1-4H3/b19-13+,22-12?. The van der Waals surface area contributed by atoms with Crippen molar-refractivity contribution in [3.63, 3.8) is 0 Å². The molecular weight excluding hydrogens is 359 g/mol. The van der Waals surface area contributed by atoms with Gasteiger partial charge in [-0.05, 0) is 38.1 Å². The van der Waals surface area contributed by atoms with E-state index in [0.717, 1.165) is 16.8 Å². The van der Waals surface area contributed by atoms with Gasteiger partial charge in [0.2, 0.25) is 0 Å². The van der Waals surface area contributed by atoms with Crippen LogP contribution in [0.4, 0.5) is 10.2 Å². The van der Waals surface area contributed by atoms with Gasteiger partial charge in [0.05, 0.1) is 7.11 Å². The van der Waals surface area contributed by atoms with E-state index in [-0.39, 0.29) is 12.4 Å². The van der Waals surface area contributed by atoms with Gasteiger partial charge in [0, 0.05) is 41.7 Å². The monoisotopic (exact) mass is 382 g/mol. The number of rotatable bonds is 7. The van der Waals surface area contributed by atoms with E-state index in [1.54, 1.807) is 29.8 Å². The molecule has 2 heterocycles. The summed E-state index contributed by atoms with van der Waals surface area (Å²) >= 11 is 0. The lowest BCUT2D eigenvalue weighted by molar-refractivity contribution is 0.405. The zero-order valence-electron chi connectivity index (χ0n) is 16.3. The zero-order chi connectivity index (χ0) is 20.3. The summed E-state index contributed by atoms with van der Waals surface area (Å²) in [5, 5.41) is 22.7. The van der Waals surface area contributed by atoms with Crippen LogP contribution < -0.4 is 15.4 Å². The first-order valence-corrected chi connectivity index (χ1v) is 8.80. The summed E-state index contributed by atoms with van der Waals surface area (Å²) in [5.74, 6) is 0.856. The molecule has 3 rings (SSSR count). The van der Waals surface area contributed by atoms with Crippen molar-refractivity contribution in [3.8, 4) is 5.75 Å². The van der Waals surface area contributed by atoms with Crippen LogP contribution in [0.2, 0.25) is 0 Å². The van der Waals surface area contributed by atoms with Crippen molar-refractivity contribution < 1.29 is 9.13 Å². The van der Waals surface area contributed by atoms with E-state index in [0.29, 0.717) is 28.5 Å². The van der Waals surface area contributed by atoms with Gasteiger partial charge in [-0.1, -0.05) is 6.07 Å². The Morgan fingerprint density at radius 3 is 2.71 bits per heavy atom. The van der Waals surface area contributed by atoms with E-state index in [2.05, 4.69) is 20.8 Å². The van der Waals surface area contributed by atoms with Gasteiger partial charge < -0.3 is 20.8 Å². The van der Waals surface area contributed by atoms with E-state index in [1.165, 1.54) is 13.2 Å². The first kappa shape index (κ1) is 19.3. The second-order valence-electron chi connectivity index (χ2n) is 6.31. The molecule has 0 aliphatic carbocycles. The topological polar surface area (TPSA) is 87.3 Å². The van der Waals surface area contributed by atoms with Crippen LogP contribution in [-0.2, 0) is 6.54 Å². The third kappa shape index (κ3) is 3.53. The number of nitrogens with one attached hydrogen (secondary N) is 3. The van der Waals surface area contributed by atoms with Gasteiger partial charge >= 0.3 is 0 Å². The number of benzene rings is 1. The normalized spacial score (nSPS) is 11.9. The molecule has 0 fully saturated rings. The van der Waals surface area contributed by atoms with Gasteiger partial charge in [-0.25, -0.2) is 4.39 Å². The average molecular weight is 382 g/mol. The molecule has 8 heteroatoms. The Morgan fingerprint density at radius 2 is 2.04 bits per heavy atom. The van der Waals surface area contributed by atoms with E-state index in [1.807, 2.05) is 26.1 Å². The lowest BCUT2D eigenvalue weighted by Gasteiger charge is -2.15. The second kappa shape index (κ2) is 8.08. The summed E-state index contributed by atoms with van der Waals surface area (Å²) in [6, 6.07) is 8.50. The third-order valence-corrected chi connectivity index (χ3v) is 4.59. The first-order chi connectivity index (χ1) is 13.5. The van der Waals surface area contributed by atoms with Crippen molar-refractivity contribution in [2.24, 2.45) is 0 Å². The summed E-state index contributed by atoms with van der Waals surface area (Å²) in [6.45, 7) is 3.89. The maximum absolute atomic E-state index is 14.2. The highest BCUT2D eigenvalue weighted by molar-refractivity contribution is 6.23. The number of halogens is 1. The number of hydrogen-bond acceptors (Lipinski definition) is 6. The van der Waals surface area contributed by atoms with Crippen LogP contribution in [0.25, 0.3) is 11.2 Å². The minimum absolute atomic E-state index is 0.240. The lowest BCUT2D eigenvalue weighted by atomic mass is 10.0. The van der Waals surface area contributed by atoms with Gasteiger partial charge in [-0.15, -0.1) is 10.2 Å². The number of pyridine rings is 1. The summed E-state index contributed by atoms with van der Waals surface area (Å²) in [5.41, 5.74) is 3.91. The van der Waals surface area contributed by atoms with Crippen LogP contribution in [0.3, 0.4) is 0 Å². The van der Waals surface area contributed by atoms with Crippen LogP contribution in [0.15, 0.2) is 42.4 Å². The van der Waals surface area contributed by atoms with Crippen LogP contribution >= 0.6 is 0 Å². The summed E-state index contributed by atoms with van der Waals surface area (Å²) < 4.78 is 21.2. The Balaban J connectivity index is 2.00. The second-order valence-corrected chi connectivity index (χ2v) is 6.31. The maximum Gasteiger partial charge on any atom is 0.170 e. The SMILES string of the molecule is CN/C(C)=C(\C(C)=N)c1ccc(NCc2c(F)cccc2OC)n2cnnc12. The van der Waals surface area contributed by atoms with Crippen LogP contribution in [0, 0.1) is 11.2 Å². The van der Waals surface area contributed by atoms with E-state index >= 15 is 0 Å². The summed E-state index contributed by atoms with van der Waals surface area (Å²) in [7, 11) is 3.33. The molecule has 0 saturated carbocycles. The number of ether oxygens (including phenoxy) is 1. The van der Waals surface area contributed by atoms with E-state index in [4.69, 9.17) is 10.1 Å². The molecule has 28 heavy (non-hydrogen) atoms. The zero-order valence-corrected chi connectivity index (χ0v) is 16.3. The van der Waals surface area contributed by atoms with Crippen molar-refractivity contribution in [3.05, 3.63) is 59.3 Å². The van der Waals surface area contributed by atoms with E-state index < -0.39 is 0 Å². The van der Waals surface area contributed by atoms with Gasteiger partial charge in [0.15, 0.2) is 5.65 Å². The van der Waals surface area contributed by atoms with E-state index in [9.17, 15) is 4.39 Å². The largest absolute Gasteiger partial charge is 0.496 e. The minimum atomic E-state index is -0.335. The predicted molar refractivity (Wildman–Crippen MR) is 108 cm³/mol. The number of allylic oxidation sites excluding steroid dienone is 2. The molecule has 0 unspecified atom stereocenters. The van der Waals surface area contributed by atoms with Crippen molar-refractivity contribution >= 4 is 22.7 Å². The number of fused-ring (bicyclic) bond motifs is 1. The number of methoxy groups -OCH3 is 1. The fourth-order valence-corrected chi connectivity index (χ4v) is 3.14. The predicted octanol–water partition coefficient (Wildman–Crippen LogP) is 3.48. The van der Waals surface area contributed by atoms with Crippen molar-refractivity contribution in [1.82, 2.24) is 19.9 Å². The number of anilines is 1. The molecule has 0 bridgehead atoms. The molecule has 146 valence electrons.